The molecule has 0 amide bonds. The lowest BCUT2D eigenvalue weighted by molar-refractivity contribution is -0.145. The van der Waals surface area contributed by atoms with E-state index in [0.717, 1.165) is 13.0 Å². The first kappa shape index (κ1) is 14.7. The van der Waals surface area contributed by atoms with Crippen LogP contribution in [-0.4, -0.2) is 19.1 Å². The molecule has 1 aromatic carbocycles. The molecular weight excluding hydrogens is 226 g/mol. The SMILES string of the molecule is CCc1ccccc1CNC(C)C(C)C(=O)OC. The second-order valence-electron chi connectivity index (χ2n) is 4.60. The van der Waals surface area contributed by atoms with Gasteiger partial charge in [0.1, 0.15) is 0 Å². The van der Waals surface area contributed by atoms with Crippen molar-refractivity contribution in [3.63, 3.8) is 0 Å². The van der Waals surface area contributed by atoms with Gasteiger partial charge in [-0.05, 0) is 24.5 Å². The molecule has 100 valence electrons. The third-order valence-corrected chi connectivity index (χ3v) is 3.44. The molecule has 0 aliphatic rings. The summed E-state index contributed by atoms with van der Waals surface area (Å²) in [5, 5.41) is 3.39. The minimum absolute atomic E-state index is 0.0994. The summed E-state index contributed by atoms with van der Waals surface area (Å²) < 4.78 is 4.75. The maximum Gasteiger partial charge on any atom is 0.309 e. The minimum atomic E-state index is -0.168. The van der Waals surface area contributed by atoms with Crippen LogP contribution in [0.2, 0.25) is 0 Å². The van der Waals surface area contributed by atoms with Gasteiger partial charge in [0.15, 0.2) is 0 Å². The molecule has 0 saturated heterocycles. The number of nitrogens with one attached hydrogen (secondary N) is 1. The molecule has 2 atom stereocenters. The van der Waals surface area contributed by atoms with Crippen molar-refractivity contribution < 1.29 is 9.53 Å². The molecule has 3 nitrogen and oxygen atoms in total. The Kier molecular flexibility index (Phi) is 5.86. The number of aryl methyl sites for hydroxylation is 1. The number of hydrogen-bond donors (Lipinski definition) is 1. The van der Waals surface area contributed by atoms with Gasteiger partial charge in [-0.2, -0.15) is 0 Å². The van der Waals surface area contributed by atoms with Gasteiger partial charge in [0.05, 0.1) is 13.0 Å². The third kappa shape index (κ3) is 3.84. The van der Waals surface area contributed by atoms with Gasteiger partial charge >= 0.3 is 5.97 Å². The fraction of sp³-hybridized carbons (Fsp3) is 0.533. The van der Waals surface area contributed by atoms with Gasteiger partial charge in [0.2, 0.25) is 0 Å². The lowest BCUT2D eigenvalue weighted by atomic mass is 10.0. The zero-order valence-corrected chi connectivity index (χ0v) is 11.7. The van der Waals surface area contributed by atoms with E-state index in [4.69, 9.17) is 4.74 Å². The van der Waals surface area contributed by atoms with Crippen molar-refractivity contribution in [2.24, 2.45) is 5.92 Å². The highest BCUT2D eigenvalue weighted by Gasteiger charge is 2.20. The van der Waals surface area contributed by atoms with Gasteiger partial charge in [-0.3, -0.25) is 4.79 Å². The smallest absolute Gasteiger partial charge is 0.309 e. The summed E-state index contributed by atoms with van der Waals surface area (Å²) >= 11 is 0. The summed E-state index contributed by atoms with van der Waals surface area (Å²) in [5.41, 5.74) is 2.65. The molecule has 18 heavy (non-hydrogen) atoms. The fourth-order valence-electron chi connectivity index (χ4n) is 1.91. The van der Waals surface area contributed by atoms with Crippen molar-refractivity contribution in [3.8, 4) is 0 Å². The Balaban J connectivity index is 2.57. The first-order valence-electron chi connectivity index (χ1n) is 6.48. The van der Waals surface area contributed by atoms with Crippen LogP contribution in [0, 0.1) is 5.92 Å². The highest BCUT2D eigenvalue weighted by Crippen LogP contribution is 2.11. The lowest BCUT2D eigenvalue weighted by Gasteiger charge is -2.20. The molecule has 0 fully saturated rings. The second kappa shape index (κ2) is 7.17. The van der Waals surface area contributed by atoms with Gasteiger partial charge in [0.25, 0.3) is 0 Å². The van der Waals surface area contributed by atoms with Crippen molar-refractivity contribution in [1.82, 2.24) is 5.32 Å². The van der Waals surface area contributed by atoms with Crippen LogP contribution in [0.5, 0.6) is 0 Å². The van der Waals surface area contributed by atoms with Crippen LogP contribution in [0.1, 0.15) is 31.9 Å². The molecule has 0 bridgehead atoms. The number of hydrogen-bond acceptors (Lipinski definition) is 3. The first-order chi connectivity index (χ1) is 8.60. The van der Waals surface area contributed by atoms with E-state index in [-0.39, 0.29) is 17.9 Å². The average molecular weight is 249 g/mol. The predicted octanol–water partition coefficient (Wildman–Crippen LogP) is 2.54. The summed E-state index contributed by atoms with van der Waals surface area (Å²) in [5.74, 6) is -0.303. The Bertz CT molecular complexity index is 390. The van der Waals surface area contributed by atoms with Crippen molar-refractivity contribution in [1.29, 1.82) is 0 Å². The number of carbonyl (C=O) groups is 1. The van der Waals surface area contributed by atoms with Crippen LogP contribution in [0.15, 0.2) is 24.3 Å². The van der Waals surface area contributed by atoms with E-state index in [1.165, 1.54) is 18.2 Å². The minimum Gasteiger partial charge on any atom is -0.469 e. The van der Waals surface area contributed by atoms with Gasteiger partial charge in [-0.15, -0.1) is 0 Å². The molecule has 1 N–H and O–H groups in total. The molecule has 0 aliphatic heterocycles. The van der Waals surface area contributed by atoms with E-state index in [1.54, 1.807) is 0 Å². The van der Waals surface area contributed by atoms with Gasteiger partial charge in [0, 0.05) is 12.6 Å². The second-order valence-corrected chi connectivity index (χ2v) is 4.60. The fourth-order valence-corrected chi connectivity index (χ4v) is 1.91. The normalized spacial score (nSPS) is 14.0. The van der Waals surface area contributed by atoms with Crippen LogP contribution in [0.25, 0.3) is 0 Å². The molecule has 0 radical (unpaired) electrons. The average Bonchev–Trinajstić information content (AvgIpc) is 2.43. The van der Waals surface area contributed by atoms with Crippen LogP contribution < -0.4 is 5.32 Å². The van der Waals surface area contributed by atoms with Crippen molar-refractivity contribution >= 4 is 5.97 Å². The van der Waals surface area contributed by atoms with E-state index < -0.39 is 0 Å². The maximum atomic E-state index is 11.4. The van der Waals surface area contributed by atoms with Crippen LogP contribution in [0.3, 0.4) is 0 Å². The molecule has 2 unspecified atom stereocenters. The standard InChI is InChI=1S/C15H23NO2/c1-5-13-8-6-7-9-14(13)10-16-12(3)11(2)15(17)18-4/h6-9,11-12,16H,5,10H2,1-4H3. The summed E-state index contributed by atoms with van der Waals surface area (Å²) in [6, 6.07) is 8.47. The van der Waals surface area contributed by atoms with Crippen molar-refractivity contribution in [2.75, 3.05) is 7.11 Å². The van der Waals surface area contributed by atoms with E-state index >= 15 is 0 Å². The zero-order chi connectivity index (χ0) is 13.5. The summed E-state index contributed by atoms with van der Waals surface area (Å²) in [4.78, 5) is 11.4. The van der Waals surface area contributed by atoms with Crippen LogP contribution in [0.4, 0.5) is 0 Å². The number of carbonyl (C=O) groups excluding carboxylic acids is 1. The number of rotatable bonds is 6. The Morgan fingerprint density at radius 2 is 1.89 bits per heavy atom. The number of esters is 1. The van der Waals surface area contributed by atoms with E-state index in [1.807, 2.05) is 19.9 Å². The van der Waals surface area contributed by atoms with Gasteiger partial charge < -0.3 is 10.1 Å². The molecule has 3 heteroatoms. The Morgan fingerprint density at radius 1 is 1.28 bits per heavy atom. The van der Waals surface area contributed by atoms with E-state index in [9.17, 15) is 4.79 Å². The molecule has 0 aliphatic carbocycles. The van der Waals surface area contributed by atoms with Gasteiger partial charge in [-0.25, -0.2) is 0 Å². The highest BCUT2D eigenvalue weighted by molar-refractivity contribution is 5.72. The number of methoxy groups -OCH3 is 1. The number of ether oxygens (including phenoxy) is 1. The molecule has 0 heterocycles. The van der Waals surface area contributed by atoms with Crippen molar-refractivity contribution in [2.45, 2.75) is 39.8 Å². The summed E-state index contributed by atoms with van der Waals surface area (Å²) in [6.45, 7) is 6.83. The topological polar surface area (TPSA) is 38.3 Å². The molecule has 0 aromatic heterocycles. The lowest BCUT2D eigenvalue weighted by Crippen LogP contribution is -2.36. The van der Waals surface area contributed by atoms with E-state index in [2.05, 4.69) is 30.4 Å². The maximum absolute atomic E-state index is 11.4. The quantitative estimate of drug-likeness (QED) is 0.787. The van der Waals surface area contributed by atoms with E-state index in [0.29, 0.717) is 0 Å². The Labute approximate surface area is 110 Å². The van der Waals surface area contributed by atoms with Crippen molar-refractivity contribution in [3.05, 3.63) is 35.4 Å². The Hall–Kier alpha value is -1.35. The molecule has 0 spiro atoms. The Morgan fingerprint density at radius 3 is 2.44 bits per heavy atom. The van der Waals surface area contributed by atoms with Crippen LogP contribution >= 0.6 is 0 Å². The zero-order valence-electron chi connectivity index (χ0n) is 11.7. The van der Waals surface area contributed by atoms with Gasteiger partial charge in [-0.1, -0.05) is 38.1 Å². The summed E-state index contributed by atoms with van der Waals surface area (Å²) in [6.07, 6.45) is 1.03. The summed E-state index contributed by atoms with van der Waals surface area (Å²) in [7, 11) is 1.43. The molecular formula is C15H23NO2. The predicted molar refractivity (Wildman–Crippen MR) is 73.3 cm³/mol. The monoisotopic (exact) mass is 249 g/mol. The third-order valence-electron chi connectivity index (χ3n) is 3.44. The number of benzene rings is 1. The molecule has 1 rings (SSSR count). The first-order valence-corrected chi connectivity index (χ1v) is 6.48. The van der Waals surface area contributed by atoms with Crippen LogP contribution in [-0.2, 0) is 22.5 Å². The molecule has 1 aromatic rings. The largest absolute Gasteiger partial charge is 0.469 e. The highest BCUT2D eigenvalue weighted by atomic mass is 16.5. The molecule has 0 saturated carbocycles.